The fourth-order valence-electron chi connectivity index (χ4n) is 2.85. The molecule has 1 atom stereocenters. The van der Waals surface area contributed by atoms with E-state index >= 15 is 0 Å². The number of ether oxygens (including phenoxy) is 2. The number of aromatic hydroxyl groups is 1. The minimum absolute atomic E-state index is 0.288. The molecule has 26 heavy (non-hydrogen) atoms. The van der Waals surface area contributed by atoms with E-state index in [4.69, 9.17) is 4.74 Å². The molecule has 0 bridgehead atoms. The molecule has 1 aromatic heterocycles. The zero-order valence-electron chi connectivity index (χ0n) is 14.1. The van der Waals surface area contributed by atoms with Crippen molar-refractivity contribution in [3.8, 4) is 22.8 Å². The van der Waals surface area contributed by atoms with E-state index in [2.05, 4.69) is 14.7 Å². The first kappa shape index (κ1) is 18.6. The Morgan fingerprint density at radius 2 is 1.96 bits per heavy atom. The van der Waals surface area contributed by atoms with Crippen molar-refractivity contribution < 1.29 is 28.5 Å². The summed E-state index contributed by atoms with van der Waals surface area (Å²) in [6, 6.07) is 5.84. The maximum atomic E-state index is 12.2. The Morgan fingerprint density at radius 3 is 2.65 bits per heavy atom. The molecule has 0 aliphatic carbocycles. The highest BCUT2D eigenvalue weighted by molar-refractivity contribution is 5.63. The quantitative estimate of drug-likeness (QED) is 0.771. The first-order chi connectivity index (χ1) is 12.5. The van der Waals surface area contributed by atoms with Crippen LogP contribution in [0.1, 0.15) is 0 Å². The van der Waals surface area contributed by atoms with Crippen LogP contribution in [-0.2, 0) is 11.3 Å². The Kier molecular flexibility index (Phi) is 6.02. The van der Waals surface area contributed by atoms with Gasteiger partial charge in [-0.3, -0.25) is 9.58 Å². The number of phenols is 1. The molecule has 2 aromatic rings. The van der Waals surface area contributed by atoms with E-state index in [0.717, 1.165) is 13.1 Å². The van der Waals surface area contributed by atoms with Gasteiger partial charge in [-0.25, -0.2) is 0 Å². The number of halogens is 2. The summed E-state index contributed by atoms with van der Waals surface area (Å²) in [5.41, 5.74) is 1.12. The number of morpholine rings is 1. The highest BCUT2D eigenvalue weighted by atomic mass is 19.3. The summed E-state index contributed by atoms with van der Waals surface area (Å²) in [7, 11) is 0. The van der Waals surface area contributed by atoms with Crippen LogP contribution < -0.4 is 4.74 Å². The number of benzene rings is 1. The molecular weight excluding hydrogens is 348 g/mol. The maximum absolute atomic E-state index is 12.2. The number of nitrogens with zero attached hydrogens (tertiary/aromatic N) is 3. The van der Waals surface area contributed by atoms with Crippen molar-refractivity contribution in [3.05, 3.63) is 30.5 Å². The molecule has 3 rings (SSSR count). The van der Waals surface area contributed by atoms with Crippen molar-refractivity contribution in [2.45, 2.75) is 19.3 Å². The second-order valence-electron chi connectivity index (χ2n) is 6.05. The molecule has 0 spiro atoms. The number of aliphatic hydroxyl groups excluding tert-OH is 1. The van der Waals surface area contributed by atoms with Crippen molar-refractivity contribution in [3.63, 3.8) is 0 Å². The van der Waals surface area contributed by atoms with E-state index in [1.807, 2.05) is 0 Å². The monoisotopic (exact) mass is 369 g/mol. The van der Waals surface area contributed by atoms with E-state index in [0.29, 0.717) is 37.6 Å². The summed E-state index contributed by atoms with van der Waals surface area (Å²) in [6.07, 6.45) is 1.15. The van der Waals surface area contributed by atoms with Gasteiger partial charge in [-0.1, -0.05) is 0 Å². The predicted molar refractivity (Wildman–Crippen MR) is 89.2 cm³/mol. The fourth-order valence-corrected chi connectivity index (χ4v) is 2.85. The number of rotatable bonds is 7. The summed E-state index contributed by atoms with van der Waals surface area (Å²) < 4.78 is 35.6. The van der Waals surface area contributed by atoms with E-state index in [-0.39, 0.29) is 11.5 Å². The van der Waals surface area contributed by atoms with Gasteiger partial charge in [0.05, 0.1) is 31.6 Å². The number of phenolic OH excluding ortho intramolecular Hbond substituents is 1. The number of aromatic nitrogens is 2. The third-order valence-electron chi connectivity index (χ3n) is 4.08. The Bertz CT molecular complexity index is 720. The molecule has 0 radical (unpaired) electrons. The van der Waals surface area contributed by atoms with Gasteiger partial charge in [-0.05, 0) is 24.3 Å². The lowest BCUT2D eigenvalue weighted by Gasteiger charge is -2.28. The van der Waals surface area contributed by atoms with Crippen molar-refractivity contribution >= 4 is 0 Å². The summed E-state index contributed by atoms with van der Waals surface area (Å²) in [5, 5.41) is 24.4. The van der Waals surface area contributed by atoms with Crippen LogP contribution in [0.3, 0.4) is 0 Å². The van der Waals surface area contributed by atoms with Crippen LogP contribution in [-0.4, -0.2) is 70.5 Å². The Balaban J connectivity index is 1.61. The first-order valence-electron chi connectivity index (χ1n) is 8.31. The number of alkyl halides is 2. The van der Waals surface area contributed by atoms with Gasteiger partial charge >= 0.3 is 6.61 Å². The lowest BCUT2D eigenvalue weighted by atomic mass is 10.1. The Morgan fingerprint density at radius 1 is 1.19 bits per heavy atom. The third-order valence-corrected chi connectivity index (χ3v) is 4.08. The van der Waals surface area contributed by atoms with Gasteiger partial charge in [0.25, 0.3) is 0 Å². The molecule has 9 heteroatoms. The van der Waals surface area contributed by atoms with Crippen molar-refractivity contribution in [2.24, 2.45) is 0 Å². The van der Waals surface area contributed by atoms with E-state index in [1.54, 1.807) is 16.9 Å². The molecule has 2 heterocycles. The lowest BCUT2D eigenvalue weighted by Crippen LogP contribution is -2.42. The SMILES string of the molecule is Oc1cc(-c2ccn(CC(O)CN3CCOCC3)n2)ccc1OC(F)F. The minimum atomic E-state index is -3.00. The van der Waals surface area contributed by atoms with Crippen LogP contribution in [0.2, 0.25) is 0 Å². The van der Waals surface area contributed by atoms with Crippen LogP contribution in [0, 0.1) is 0 Å². The molecule has 0 amide bonds. The average Bonchev–Trinajstić information content (AvgIpc) is 3.05. The van der Waals surface area contributed by atoms with Crippen LogP contribution >= 0.6 is 0 Å². The Hall–Kier alpha value is -2.23. The molecule has 0 saturated carbocycles. The van der Waals surface area contributed by atoms with Crippen LogP contribution in [0.5, 0.6) is 11.5 Å². The zero-order chi connectivity index (χ0) is 18.5. The van der Waals surface area contributed by atoms with Crippen molar-refractivity contribution in [1.29, 1.82) is 0 Å². The largest absolute Gasteiger partial charge is 0.504 e. The average molecular weight is 369 g/mol. The number of aliphatic hydroxyl groups is 1. The van der Waals surface area contributed by atoms with E-state index in [9.17, 15) is 19.0 Å². The second-order valence-corrected chi connectivity index (χ2v) is 6.05. The van der Waals surface area contributed by atoms with Crippen molar-refractivity contribution in [1.82, 2.24) is 14.7 Å². The molecular formula is C17H21F2N3O4. The van der Waals surface area contributed by atoms with E-state index < -0.39 is 12.7 Å². The Labute approximate surface area is 149 Å². The normalized spacial score (nSPS) is 16.8. The molecule has 1 fully saturated rings. The molecule has 142 valence electrons. The summed E-state index contributed by atoms with van der Waals surface area (Å²) in [4.78, 5) is 2.14. The van der Waals surface area contributed by atoms with Gasteiger partial charge in [-0.15, -0.1) is 0 Å². The van der Waals surface area contributed by atoms with Gasteiger partial charge in [0.1, 0.15) is 0 Å². The van der Waals surface area contributed by atoms with Gasteiger partial charge in [-0.2, -0.15) is 13.9 Å². The smallest absolute Gasteiger partial charge is 0.387 e. The van der Waals surface area contributed by atoms with Gasteiger partial charge in [0.2, 0.25) is 0 Å². The van der Waals surface area contributed by atoms with E-state index in [1.165, 1.54) is 18.2 Å². The summed E-state index contributed by atoms with van der Waals surface area (Å²) in [6.45, 7) is 0.816. The number of β-amino-alcohol motifs (C(OH)–C–C–N with tert-alkyl or cyclic N) is 1. The summed E-state index contributed by atoms with van der Waals surface area (Å²) in [5.74, 6) is -0.672. The van der Waals surface area contributed by atoms with Crippen LogP contribution in [0.25, 0.3) is 11.3 Å². The highest BCUT2D eigenvalue weighted by Gasteiger charge is 2.16. The van der Waals surface area contributed by atoms with Gasteiger partial charge < -0.3 is 19.7 Å². The minimum Gasteiger partial charge on any atom is -0.504 e. The number of hydrogen-bond acceptors (Lipinski definition) is 6. The molecule has 2 N–H and O–H groups in total. The molecule has 1 aliphatic rings. The fraction of sp³-hybridized carbons (Fsp3) is 0.471. The van der Waals surface area contributed by atoms with Gasteiger partial charge in [0.15, 0.2) is 11.5 Å². The number of hydrogen-bond donors (Lipinski definition) is 2. The topological polar surface area (TPSA) is 80.0 Å². The molecule has 1 saturated heterocycles. The standard InChI is InChI=1S/C17H21F2N3O4/c18-17(19)26-16-2-1-12(9-15(16)24)14-3-4-22(20-14)11-13(23)10-21-5-7-25-8-6-21/h1-4,9,13,17,23-24H,5-8,10-11H2. The lowest BCUT2D eigenvalue weighted by molar-refractivity contribution is -0.0512. The molecule has 1 aromatic carbocycles. The first-order valence-corrected chi connectivity index (χ1v) is 8.31. The van der Waals surface area contributed by atoms with Crippen LogP contribution in [0.15, 0.2) is 30.5 Å². The second kappa shape index (κ2) is 8.43. The third kappa shape index (κ3) is 4.90. The summed E-state index contributed by atoms with van der Waals surface area (Å²) >= 11 is 0. The predicted octanol–water partition coefficient (Wildman–Crippen LogP) is 1.55. The van der Waals surface area contributed by atoms with Crippen molar-refractivity contribution in [2.75, 3.05) is 32.8 Å². The molecule has 1 unspecified atom stereocenters. The molecule has 7 nitrogen and oxygen atoms in total. The maximum Gasteiger partial charge on any atom is 0.387 e. The molecule has 1 aliphatic heterocycles. The zero-order valence-corrected chi connectivity index (χ0v) is 14.1. The van der Waals surface area contributed by atoms with Crippen LogP contribution in [0.4, 0.5) is 8.78 Å². The highest BCUT2D eigenvalue weighted by Crippen LogP contribution is 2.31. The van der Waals surface area contributed by atoms with Gasteiger partial charge in [0, 0.05) is 31.4 Å².